The summed E-state index contributed by atoms with van der Waals surface area (Å²) in [5.74, 6) is 3.63. The zero-order chi connectivity index (χ0) is 29.8. The Balaban J connectivity index is 1.66. The van der Waals surface area contributed by atoms with Crippen LogP contribution in [0.5, 0.6) is 17.2 Å². The van der Waals surface area contributed by atoms with Gasteiger partial charge in [-0.3, -0.25) is 14.2 Å². The Bertz CT molecular complexity index is 1920. The lowest BCUT2D eigenvalue weighted by Gasteiger charge is -2.25. The van der Waals surface area contributed by atoms with Crippen molar-refractivity contribution in [3.05, 3.63) is 113 Å². The molecule has 0 aliphatic carbocycles. The summed E-state index contributed by atoms with van der Waals surface area (Å²) in [6.45, 7) is 1.86. The third-order valence-corrected chi connectivity index (χ3v) is 8.13. The smallest absolute Gasteiger partial charge is 0.271 e. The van der Waals surface area contributed by atoms with Crippen LogP contribution in [0.1, 0.15) is 24.1 Å². The Hall–Kier alpha value is -4.59. The normalized spacial score (nSPS) is 14.5. The van der Waals surface area contributed by atoms with Crippen LogP contribution in [-0.4, -0.2) is 31.3 Å². The number of halogens is 1. The second-order valence-electron chi connectivity index (χ2n) is 9.21. The largest absolute Gasteiger partial charge is 0.497 e. The van der Waals surface area contributed by atoms with E-state index in [-0.39, 0.29) is 18.1 Å². The first-order valence-electron chi connectivity index (χ1n) is 12.8. The van der Waals surface area contributed by atoms with E-state index in [0.717, 1.165) is 0 Å². The molecule has 212 valence electrons. The maximum atomic E-state index is 14.0. The van der Waals surface area contributed by atoms with Crippen LogP contribution < -0.4 is 34.4 Å². The molecule has 1 N–H and O–H groups in total. The number of hydrogen-bond acceptors (Lipinski definition) is 7. The number of allylic oxidation sites excluding steroid dienone is 1. The van der Waals surface area contributed by atoms with Crippen molar-refractivity contribution in [1.29, 1.82) is 0 Å². The van der Waals surface area contributed by atoms with Crippen LogP contribution in [0, 0.1) is 12.3 Å². The highest BCUT2D eigenvalue weighted by Gasteiger charge is 2.32. The molecule has 0 saturated carbocycles. The number of ether oxygens (including phenoxy) is 3. The second-order valence-corrected chi connectivity index (χ2v) is 11.1. The number of carbonyl (C=O) groups excluding carboxylic acids is 1. The van der Waals surface area contributed by atoms with Crippen LogP contribution in [0.3, 0.4) is 0 Å². The topological polar surface area (TPSA) is 91.2 Å². The monoisotopic (exact) mass is 643 g/mol. The summed E-state index contributed by atoms with van der Waals surface area (Å²) in [6.07, 6.45) is 7.10. The Labute approximate surface area is 254 Å². The van der Waals surface area contributed by atoms with Gasteiger partial charge < -0.3 is 19.5 Å². The lowest BCUT2D eigenvalue weighted by atomic mass is 9.95. The number of aromatic nitrogens is 1. The first-order valence-corrected chi connectivity index (χ1v) is 14.4. The number of benzene rings is 3. The summed E-state index contributed by atoms with van der Waals surface area (Å²) in [4.78, 5) is 33.0. The molecule has 0 fully saturated rings. The van der Waals surface area contributed by atoms with Crippen LogP contribution in [0.25, 0.3) is 6.08 Å². The minimum atomic E-state index is -0.733. The van der Waals surface area contributed by atoms with E-state index >= 15 is 0 Å². The van der Waals surface area contributed by atoms with Gasteiger partial charge in [-0.25, -0.2) is 4.99 Å². The standard InChI is InChI=1S/C32H26BrN3O5S/c1-5-14-41-29-24(33)15-20(16-25(29)40-4)17-26-31(38)36-28(21-10-9-13-23(18-21)39-3)27(19(2)34-32(36)42-26)30(37)35-22-11-7-6-8-12-22/h1,6-13,15-18,28H,14H2,2-4H3,(H,35,37)/b26-17-/t28-/m1/s1. The summed E-state index contributed by atoms with van der Waals surface area (Å²) >= 11 is 4.76. The van der Waals surface area contributed by atoms with Crippen LogP contribution >= 0.6 is 27.3 Å². The molecule has 8 nitrogen and oxygen atoms in total. The lowest BCUT2D eigenvalue weighted by molar-refractivity contribution is -0.113. The number of carbonyl (C=O) groups is 1. The fraction of sp³-hybridized carbons (Fsp3) is 0.156. The van der Waals surface area contributed by atoms with Crippen LogP contribution in [0.2, 0.25) is 0 Å². The Morgan fingerprint density at radius 2 is 1.93 bits per heavy atom. The van der Waals surface area contributed by atoms with Crippen LogP contribution in [0.15, 0.2) is 92.3 Å². The number of para-hydroxylation sites is 1. The third-order valence-electron chi connectivity index (χ3n) is 6.56. The van der Waals surface area contributed by atoms with E-state index in [4.69, 9.17) is 25.6 Å². The van der Waals surface area contributed by atoms with Crippen molar-refractivity contribution >= 4 is 44.9 Å². The molecule has 1 aromatic heterocycles. The molecule has 1 aliphatic rings. The van der Waals surface area contributed by atoms with Crippen molar-refractivity contribution in [3.8, 4) is 29.6 Å². The number of hydrogen-bond donors (Lipinski definition) is 1. The number of nitrogens with one attached hydrogen (secondary N) is 1. The van der Waals surface area contributed by atoms with Crippen molar-refractivity contribution in [2.24, 2.45) is 4.99 Å². The molecule has 0 saturated heterocycles. The predicted molar refractivity (Wildman–Crippen MR) is 167 cm³/mol. The van der Waals surface area contributed by atoms with Crippen molar-refractivity contribution < 1.29 is 19.0 Å². The average Bonchev–Trinajstić information content (AvgIpc) is 3.29. The molecule has 0 unspecified atom stereocenters. The molecular weight excluding hydrogens is 618 g/mol. The molecule has 0 radical (unpaired) electrons. The van der Waals surface area contributed by atoms with Crippen molar-refractivity contribution in [2.45, 2.75) is 13.0 Å². The summed E-state index contributed by atoms with van der Waals surface area (Å²) in [6, 6.07) is 19.3. The summed E-state index contributed by atoms with van der Waals surface area (Å²) in [5, 5.41) is 2.95. The zero-order valence-corrected chi connectivity index (χ0v) is 25.4. The van der Waals surface area contributed by atoms with E-state index in [1.807, 2.05) is 48.5 Å². The first kappa shape index (κ1) is 28.9. The van der Waals surface area contributed by atoms with Gasteiger partial charge in [0.2, 0.25) is 0 Å². The third kappa shape index (κ3) is 5.75. The minimum absolute atomic E-state index is 0.0801. The highest BCUT2D eigenvalue weighted by Crippen LogP contribution is 2.37. The molecule has 5 rings (SSSR count). The molecule has 2 heterocycles. The van der Waals surface area contributed by atoms with Gasteiger partial charge in [0.1, 0.15) is 12.4 Å². The van der Waals surface area contributed by atoms with Gasteiger partial charge in [-0.05, 0) is 76.5 Å². The molecule has 42 heavy (non-hydrogen) atoms. The van der Waals surface area contributed by atoms with E-state index in [9.17, 15) is 9.59 Å². The highest BCUT2D eigenvalue weighted by molar-refractivity contribution is 9.10. The van der Waals surface area contributed by atoms with Gasteiger partial charge in [0.15, 0.2) is 16.3 Å². The molecule has 1 atom stereocenters. The van der Waals surface area contributed by atoms with Gasteiger partial charge in [0, 0.05) is 5.69 Å². The van der Waals surface area contributed by atoms with Crippen molar-refractivity contribution in [3.63, 3.8) is 0 Å². The Kier molecular flexibility index (Phi) is 8.61. The highest BCUT2D eigenvalue weighted by atomic mass is 79.9. The zero-order valence-electron chi connectivity index (χ0n) is 23.0. The van der Waals surface area contributed by atoms with Crippen LogP contribution in [0.4, 0.5) is 5.69 Å². The second kappa shape index (κ2) is 12.5. The van der Waals surface area contributed by atoms with Gasteiger partial charge in [-0.1, -0.05) is 47.6 Å². The van der Waals surface area contributed by atoms with Gasteiger partial charge in [-0.2, -0.15) is 0 Å². The van der Waals surface area contributed by atoms with E-state index in [0.29, 0.717) is 59.1 Å². The summed E-state index contributed by atoms with van der Waals surface area (Å²) < 4.78 is 19.2. The lowest BCUT2D eigenvalue weighted by Crippen LogP contribution is -2.40. The maximum absolute atomic E-state index is 14.0. The SMILES string of the molecule is C#CCOc1c(Br)cc(/C=c2\sc3n(c2=O)[C@H](c2cccc(OC)c2)C(C(=O)Nc2ccccc2)=C(C)N=3)cc1OC. The summed E-state index contributed by atoms with van der Waals surface area (Å²) in [5.41, 5.74) is 2.65. The number of terminal acetylenes is 1. The fourth-order valence-electron chi connectivity index (χ4n) is 4.69. The molecule has 0 bridgehead atoms. The molecular formula is C32H26BrN3O5S. The number of methoxy groups -OCH3 is 2. The quantitative estimate of drug-likeness (QED) is 0.282. The minimum Gasteiger partial charge on any atom is -0.497 e. The molecule has 10 heteroatoms. The van der Waals surface area contributed by atoms with Gasteiger partial charge in [0.05, 0.1) is 40.5 Å². The number of anilines is 1. The number of thiazole rings is 1. The molecule has 0 spiro atoms. The molecule has 3 aromatic carbocycles. The Morgan fingerprint density at radius 3 is 2.64 bits per heavy atom. The first-order chi connectivity index (χ1) is 20.3. The molecule has 1 amide bonds. The van der Waals surface area contributed by atoms with Gasteiger partial charge >= 0.3 is 0 Å². The number of rotatable bonds is 8. The van der Waals surface area contributed by atoms with Gasteiger partial charge in [0.25, 0.3) is 11.5 Å². The van der Waals surface area contributed by atoms with Crippen molar-refractivity contribution in [2.75, 3.05) is 26.1 Å². The van der Waals surface area contributed by atoms with E-state index < -0.39 is 6.04 Å². The summed E-state index contributed by atoms with van der Waals surface area (Å²) in [7, 11) is 3.10. The van der Waals surface area contributed by atoms with E-state index in [2.05, 4.69) is 27.2 Å². The number of amides is 1. The van der Waals surface area contributed by atoms with Crippen molar-refractivity contribution in [1.82, 2.24) is 4.57 Å². The molecule has 4 aromatic rings. The fourth-order valence-corrected chi connectivity index (χ4v) is 6.31. The van der Waals surface area contributed by atoms with E-state index in [1.165, 1.54) is 18.4 Å². The number of nitrogens with zero attached hydrogens (tertiary/aromatic N) is 2. The maximum Gasteiger partial charge on any atom is 0.271 e. The van der Waals surface area contributed by atoms with Crippen LogP contribution in [-0.2, 0) is 4.79 Å². The predicted octanol–water partition coefficient (Wildman–Crippen LogP) is 4.67. The Morgan fingerprint density at radius 1 is 1.14 bits per heavy atom. The van der Waals surface area contributed by atoms with Gasteiger partial charge in [-0.15, -0.1) is 6.42 Å². The average molecular weight is 645 g/mol. The number of fused-ring (bicyclic) bond motifs is 1. The van der Waals surface area contributed by atoms with E-state index in [1.54, 1.807) is 42.9 Å². The molecule has 1 aliphatic heterocycles.